The molecule has 82 valence electrons. The Bertz CT molecular complexity index is 184. The third-order valence-corrected chi connectivity index (χ3v) is 5.34. The SMILES string of the molecule is CC(CC1CCC1)C(C)C1C(C)C1C. The Morgan fingerprint density at radius 3 is 2.00 bits per heavy atom. The molecule has 0 nitrogen and oxygen atoms in total. The zero-order chi connectivity index (χ0) is 10.3. The quantitative estimate of drug-likeness (QED) is 0.624. The van der Waals surface area contributed by atoms with Crippen LogP contribution in [-0.4, -0.2) is 0 Å². The average molecular weight is 194 g/mol. The molecule has 14 heavy (non-hydrogen) atoms. The Labute approximate surface area is 89.5 Å². The number of hydrogen-bond donors (Lipinski definition) is 0. The normalized spacial score (nSPS) is 41.6. The predicted octanol–water partition coefficient (Wildman–Crippen LogP) is 4.35. The number of hydrogen-bond acceptors (Lipinski definition) is 0. The molecule has 0 heteroatoms. The van der Waals surface area contributed by atoms with Gasteiger partial charge in [-0.3, -0.25) is 0 Å². The van der Waals surface area contributed by atoms with E-state index in [-0.39, 0.29) is 0 Å². The molecule has 2 saturated carbocycles. The van der Waals surface area contributed by atoms with Crippen LogP contribution in [0.25, 0.3) is 0 Å². The van der Waals surface area contributed by atoms with Crippen LogP contribution < -0.4 is 0 Å². The zero-order valence-corrected chi connectivity index (χ0v) is 10.3. The van der Waals surface area contributed by atoms with Gasteiger partial charge in [0.2, 0.25) is 0 Å². The summed E-state index contributed by atoms with van der Waals surface area (Å²) in [7, 11) is 0. The summed E-state index contributed by atoms with van der Waals surface area (Å²) in [5.74, 6) is 6.10. The zero-order valence-electron chi connectivity index (χ0n) is 10.3. The van der Waals surface area contributed by atoms with Crippen LogP contribution in [0.5, 0.6) is 0 Å². The summed E-state index contributed by atoms with van der Waals surface area (Å²) in [6.45, 7) is 9.85. The average Bonchev–Trinajstić information content (AvgIpc) is 2.66. The first-order chi connectivity index (χ1) is 6.61. The Morgan fingerprint density at radius 1 is 1.07 bits per heavy atom. The monoisotopic (exact) mass is 194 g/mol. The summed E-state index contributed by atoms with van der Waals surface area (Å²) in [4.78, 5) is 0. The molecular formula is C14H26. The molecule has 0 aromatic carbocycles. The molecule has 4 unspecified atom stereocenters. The minimum Gasteiger partial charge on any atom is -0.0622 e. The summed E-state index contributed by atoms with van der Waals surface area (Å²) in [6, 6.07) is 0. The summed E-state index contributed by atoms with van der Waals surface area (Å²) >= 11 is 0. The van der Waals surface area contributed by atoms with E-state index in [1.54, 1.807) is 0 Å². The standard InChI is InChI=1S/C14H26/c1-9(8-13-6-5-7-13)10(2)14-11(3)12(14)4/h9-14H,5-8H2,1-4H3. The first kappa shape index (κ1) is 10.5. The van der Waals surface area contributed by atoms with Crippen LogP contribution in [0.4, 0.5) is 0 Å². The Hall–Kier alpha value is 0. The maximum absolute atomic E-state index is 2.49. The van der Waals surface area contributed by atoms with Crippen molar-refractivity contribution in [1.82, 2.24) is 0 Å². The molecule has 0 N–H and O–H groups in total. The minimum absolute atomic E-state index is 0.970. The van der Waals surface area contributed by atoms with Gasteiger partial charge in [0.15, 0.2) is 0 Å². The molecule has 0 spiro atoms. The first-order valence-electron chi connectivity index (χ1n) is 6.61. The van der Waals surface area contributed by atoms with Crippen LogP contribution >= 0.6 is 0 Å². The second-order valence-electron chi connectivity index (χ2n) is 6.16. The van der Waals surface area contributed by atoms with Crippen molar-refractivity contribution in [1.29, 1.82) is 0 Å². The number of rotatable bonds is 4. The molecule has 4 atom stereocenters. The molecule has 0 aromatic rings. The Morgan fingerprint density at radius 2 is 1.64 bits per heavy atom. The van der Waals surface area contributed by atoms with Gasteiger partial charge in [-0.2, -0.15) is 0 Å². The predicted molar refractivity (Wildman–Crippen MR) is 62.1 cm³/mol. The van der Waals surface area contributed by atoms with Crippen LogP contribution in [0.3, 0.4) is 0 Å². The maximum atomic E-state index is 2.49. The van der Waals surface area contributed by atoms with E-state index in [2.05, 4.69) is 27.7 Å². The summed E-state index contributed by atoms with van der Waals surface area (Å²) in [5, 5.41) is 0. The van der Waals surface area contributed by atoms with Gasteiger partial charge in [-0.25, -0.2) is 0 Å². The molecule has 0 bridgehead atoms. The molecule has 2 aliphatic rings. The lowest BCUT2D eigenvalue weighted by atomic mass is 9.75. The highest BCUT2D eigenvalue weighted by Gasteiger charge is 2.47. The van der Waals surface area contributed by atoms with E-state index >= 15 is 0 Å². The van der Waals surface area contributed by atoms with E-state index < -0.39 is 0 Å². The van der Waals surface area contributed by atoms with Gasteiger partial charge in [0.25, 0.3) is 0 Å². The highest BCUT2D eigenvalue weighted by atomic mass is 14.5. The van der Waals surface area contributed by atoms with Gasteiger partial charge in [-0.05, 0) is 41.9 Å². The van der Waals surface area contributed by atoms with E-state index in [1.807, 2.05) is 0 Å². The second-order valence-corrected chi connectivity index (χ2v) is 6.16. The lowest BCUT2D eigenvalue weighted by molar-refractivity contribution is 0.205. The van der Waals surface area contributed by atoms with E-state index in [0.717, 1.165) is 35.5 Å². The molecule has 2 rings (SSSR count). The van der Waals surface area contributed by atoms with Crippen LogP contribution in [0.15, 0.2) is 0 Å². The summed E-state index contributed by atoms with van der Waals surface area (Å²) in [6.07, 6.45) is 6.05. The smallest absolute Gasteiger partial charge is 0.0329 e. The lowest BCUT2D eigenvalue weighted by Gasteiger charge is -2.31. The third-order valence-electron chi connectivity index (χ3n) is 5.34. The molecule has 0 radical (unpaired) electrons. The van der Waals surface area contributed by atoms with Crippen molar-refractivity contribution < 1.29 is 0 Å². The van der Waals surface area contributed by atoms with Gasteiger partial charge >= 0.3 is 0 Å². The molecule has 0 aromatic heterocycles. The van der Waals surface area contributed by atoms with Crippen molar-refractivity contribution in [3.63, 3.8) is 0 Å². The Kier molecular flexibility index (Phi) is 2.91. The van der Waals surface area contributed by atoms with E-state index in [0.29, 0.717) is 0 Å². The Balaban J connectivity index is 1.76. The highest BCUT2D eigenvalue weighted by Crippen LogP contribution is 2.53. The minimum atomic E-state index is 0.970. The van der Waals surface area contributed by atoms with Crippen LogP contribution in [0.2, 0.25) is 0 Å². The molecule has 0 heterocycles. The van der Waals surface area contributed by atoms with Crippen molar-refractivity contribution in [3.05, 3.63) is 0 Å². The molecule has 0 aliphatic heterocycles. The van der Waals surface area contributed by atoms with Crippen molar-refractivity contribution in [2.75, 3.05) is 0 Å². The lowest BCUT2D eigenvalue weighted by Crippen LogP contribution is -2.20. The van der Waals surface area contributed by atoms with Gasteiger partial charge in [0.1, 0.15) is 0 Å². The fourth-order valence-corrected chi connectivity index (χ4v) is 3.51. The van der Waals surface area contributed by atoms with Gasteiger partial charge in [0, 0.05) is 0 Å². The van der Waals surface area contributed by atoms with Gasteiger partial charge in [-0.1, -0.05) is 47.0 Å². The fraction of sp³-hybridized carbons (Fsp3) is 1.00. The van der Waals surface area contributed by atoms with Crippen LogP contribution in [-0.2, 0) is 0 Å². The first-order valence-corrected chi connectivity index (χ1v) is 6.61. The molecule has 0 amide bonds. The molecule has 2 aliphatic carbocycles. The topological polar surface area (TPSA) is 0 Å². The van der Waals surface area contributed by atoms with Gasteiger partial charge in [-0.15, -0.1) is 0 Å². The van der Waals surface area contributed by atoms with Gasteiger partial charge in [0.05, 0.1) is 0 Å². The van der Waals surface area contributed by atoms with Gasteiger partial charge < -0.3 is 0 Å². The summed E-state index contributed by atoms with van der Waals surface area (Å²) < 4.78 is 0. The second kappa shape index (κ2) is 3.87. The molecule has 2 fully saturated rings. The maximum Gasteiger partial charge on any atom is -0.0329 e. The van der Waals surface area contributed by atoms with Crippen LogP contribution in [0, 0.1) is 35.5 Å². The van der Waals surface area contributed by atoms with Crippen molar-refractivity contribution >= 4 is 0 Å². The van der Waals surface area contributed by atoms with E-state index in [9.17, 15) is 0 Å². The molecule has 0 saturated heterocycles. The van der Waals surface area contributed by atoms with Crippen LogP contribution in [0.1, 0.15) is 53.4 Å². The fourth-order valence-electron chi connectivity index (χ4n) is 3.51. The van der Waals surface area contributed by atoms with E-state index in [1.165, 1.54) is 25.7 Å². The highest BCUT2D eigenvalue weighted by molar-refractivity contribution is 4.95. The van der Waals surface area contributed by atoms with E-state index in [4.69, 9.17) is 0 Å². The van der Waals surface area contributed by atoms with Crippen molar-refractivity contribution in [3.8, 4) is 0 Å². The largest absolute Gasteiger partial charge is 0.0622 e. The third kappa shape index (κ3) is 1.85. The van der Waals surface area contributed by atoms with Crippen molar-refractivity contribution in [2.45, 2.75) is 53.4 Å². The van der Waals surface area contributed by atoms with Crippen molar-refractivity contribution in [2.24, 2.45) is 35.5 Å². The summed E-state index contributed by atoms with van der Waals surface area (Å²) in [5.41, 5.74) is 0. The molecular weight excluding hydrogens is 168 g/mol.